The van der Waals surface area contributed by atoms with Crippen LogP contribution in [0.1, 0.15) is 22.4 Å². The summed E-state index contributed by atoms with van der Waals surface area (Å²) < 4.78 is 4.69. The van der Waals surface area contributed by atoms with E-state index in [2.05, 4.69) is 16.9 Å². The maximum absolute atomic E-state index is 12.4. The van der Waals surface area contributed by atoms with Crippen LogP contribution in [0.4, 0.5) is 0 Å². The van der Waals surface area contributed by atoms with E-state index >= 15 is 0 Å². The molecule has 1 aliphatic rings. The number of amides is 1. The van der Waals surface area contributed by atoms with Gasteiger partial charge in [-0.3, -0.25) is 9.59 Å². The molecule has 5 heteroatoms. The first-order valence-corrected chi connectivity index (χ1v) is 9.47. The second-order valence-electron chi connectivity index (χ2n) is 6.52. The number of thiophene rings is 1. The van der Waals surface area contributed by atoms with Gasteiger partial charge in [0, 0.05) is 18.0 Å². The van der Waals surface area contributed by atoms with Gasteiger partial charge in [0.25, 0.3) is 0 Å². The van der Waals surface area contributed by atoms with E-state index in [1.807, 2.05) is 34.5 Å². The Hall–Kier alpha value is -2.14. The zero-order valence-electron chi connectivity index (χ0n) is 14.4. The molecule has 1 aromatic heterocycles. The van der Waals surface area contributed by atoms with Crippen molar-refractivity contribution in [1.82, 2.24) is 4.90 Å². The fraction of sp³-hybridized carbons (Fsp3) is 0.400. The van der Waals surface area contributed by atoms with Crippen molar-refractivity contribution >= 4 is 23.2 Å². The predicted molar refractivity (Wildman–Crippen MR) is 98.6 cm³/mol. The molecule has 1 atom stereocenters. The standard InChI is InChI=1S/C20H23NO3S/c1-24-20(23)12-16-6-4-15(5-7-16)11-17-8-9-21(14-17)19(22)13-18-3-2-10-25-18/h2-7,10,17H,8-9,11-14H2,1H3. The lowest BCUT2D eigenvalue weighted by molar-refractivity contribution is -0.139. The van der Waals surface area contributed by atoms with Gasteiger partial charge in [0.05, 0.1) is 20.0 Å². The van der Waals surface area contributed by atoms with Crippen LogP contribution >= 0.6 is 11.3 Å². The molecular formula is C20H23NO3S. The highest BCUT2D eigenvalue weighted by atomic mass is 32.1. The maximum atomic E-state index is 12.4. The quantitative estimate of drug-likeness (QED) is 0.747. The number of likely N-dealkylation sites (tertiary alicyclic amines) is 1. The van der Waals surface area contributed by atoms with Gasteiger partial charge in [-0.15, -0.1) is 11.3 Å². The van der Waals surface area contributed by atoms with Gasteiger partial charge in [0.15, 0.2) is 0 Å². The molecule has 1 amide bonds. The van der Waals surface area contributed by atoms with E-state index in [0.29, 0.717) is 18.8 Å². The van der Waals surface area contributed by atoms with Crippen LogP contribution in [0.3, 0.4) is 0 Å². The summed E-state index contributed by atoms with van der Waals surface area (Å²) >= 11 is 1.64. The average Bonchev–Trinajstić information content (AvgIpc) is 3.28. The number of carbonyl (C=O) groups is 2. The molecule has 2 aromatic rings. The van der Waals surface area contributed by atoms with E-state index in [1.165, 1.54) is 12.7 Å². The molecule has 0 radical (unpaired) electrons. The van der Waals surface area contributed by atoms with Crippen LogP contribution in [0.2, 0.25) is 0 Å². The highest BCUT2D eigenvalue weighted by molar-refractivity contribution is 7.10. The van der Waals surface area contributed by atoms with Gasteiger partial charge in [-0.1, -0.05) is 30.3 Å². The van der Waals surface area contributed by atoms with E-state index in [1.54, 1.807) is 11.3 Å². The van der Waals surface area contributed by atoms with Gasteiger partial charge >= 0.3 is 5.97 Å². The predicted octanol–water partition coefficient (Wildman–Crippen LogP) is 3.10. The topological polar surface area (TPSA) is 46.6 Å². The van der Waals surface area contributed by atoms with Crippen molar-refractivity contribution in [3.05, 3.63) is 57.8 Å². The molecule has 132 valence electrons. The van der Waals surface area contributed by atoms with Crippen molar-refractivity contribution in [3.8, 4) is 0 Å². The summed E-state index contributed by atoms with van der Waals surface area (Å²) in [6.45, 7) is 1.70. The van der Waals surface area contributed by atoms with Crippen molar-refractivity contribution in [3.63, 3.8) is 0 Å². The van der Waals surface area contributed by atoms with E-state index in [9.17, 15) is 9.59 Å². The van der Waals surface area contributed by atoms with Crippen LogP contribution in [0.25, 0.3) is 0 Å². The van der Waals surface area contributed by atoms with Crippen molar-refractivity contribution < 1.29 is 14.3 Å². The summed E-state index contributed by atoms with van der Waals surface area (Å²) in [5.41, 5.74) is 2.22. The van der Waals surface area contributed by atoms with E-state index in [4.69, 9.17) is 0 Å². The monoisotopic (exact) mass is 357 g/mol. The molecule has 4 nitrogen and oxygen atoms in total. The Labute approximate surface area is 152 Å². The third kappa shape index (κ3) is 4.92. The van der Waals surface area contributed by atoms with Gasteiger partial charge < -0.3 is 9.64 Å². The van der Waals surface area contributed by atoms with Crippen LogP contribution in [-0.2, 0) is 33.6 Å². The summed E-state index contributed by atoms with van der Waals surface area (Å²) in [7, 11) is 1.41. The SMILES string of the molecule is COC(=O)Cc1ccc(CC2CCN(C(=O)Cc3cccs3)C2)cc1. The molecule has 0 N–H and O–H groups in total. The molecule has 1 fully saturated rings. The molecule has 1 unspecified atom stereocenters. The summed E-state index contributed by atoms with van der Waals surface area (Å²) in [6.07, 6.45) is 2.86. The smallest absolute Gasteiger partial charge is 0.309 e. The number of ether oxygens (including phenoxy) is 1. The van der Waals surface area contributed by atoms with E-state index < -0.39 is 0 Å². The first-order valence-electron chi connectivity index (χ1n) is 8.59. The van der Waals surface area contributed by atoms with Crippen LogP contribution in [-0.4, -0.2) is 37.0 Å². The first-order chi connectivity index (χ1) is 12.1. The average molecular weight is 357 g/mol. The van der Waals surface area contributed by atoms with Crippen LogP contribution in [0.5, 0.6) is 0 Å². The maximum Gasteiger partial charge on any atom is 0.309 e. The van der Waals surface area contributed by atoms with E-state index in [-0.39, 0.29) is 11.9 Å². The highest BCUT2D eigenvalue weighted by Gasteiger charge is 2.26. The fourth-order valence-electron chi connectivity index (χ4n) is 3.27. The van der Waals surface area contributed by atoms with Crippen molar-refractivity contribution in [2.75, 3.05) is 20.2 Å². The minimum absolute atomic E-state index is 0.219. The van der Waals surface area contributed by atoms with Crippen molar-refractivity contribution in [1.29, 1.82) is 0 Å². The Bertz CT molecular complexity index is 709. The number of carbonyl (C=O) groups excluding carboxylic acids is 2. The second-order valence-corrected chi connectivity index (χ2v) is 7.56. The normalized spacial score (nSPS) is 16.8. The highest BCUT2D eigenvalue weighted by Crippen LogP contribution is 2.22. The molecule has 3 rings (SSSR count). The molecule has 1 saturated heterocycles. The van der Waals surface area contributed by atoms with Crippen LogP contribution in [0, 0.1) is 5.92 Å². The summed E-state index contributed by atoms with van der Waals surface area (Å²) in [5.74, 6) is 0.528. The lowest BCUT2D eigenvalue weighted by atomic mass is 9.97. The van der Waals surface area contributed by atoms with Crippen molar-refractivity contribution in [2.45, 2.75) is 25.7 Å². The molecule has 0 bridgehead atoms. The largest absolute Gasteiger partial charge is 0.469 e. The number of methoxy groups -OCH3 is 1. The van der Waals surface area contributed by atoms with Gasteiger partial charge in [-0.25, -0.2) is 0 Å². The third-order valence-electron chi connectivity index (χ3n) is 4.67. The summed E-state index contributed by atoms with van der Waals surface area (Å²) in [4.78, 5) is 26.8. The summed E-state index contributed by atoms with van der Waals surface area (Å²) in [5, 5.41) is 2.01. The van der Waals surface area contributed by atoms with Gasteiger partial charge in [0.2, 0.25) is 5.91 Å². The van der Waals surface area contributed by atoms with Gasteiger partial charge in [-0.05, 0) is 41.3 Å². The number of hydrogen-bond acceptors (Lipinski definition) is 4. The molecule has 1 aliphatic heterocycles. The van der Waals surface area contributed by atoms with Crippen LogP contribution < -0.4 is 0 Å². The number of hydrogen-bond donors (Lipinski definition) is 0. The number of nitrogens with zero attached hydrogens (tertiary/aromatic N) is 1. The Morgan fingerprint density at radius 3 is 2.60 bits per heavy atom. The molecule has 0 aliphatic carbocycles. The first kappa shape index (κ1) is 17.7. The number of esters is 1. The summed E-state index contributed by atoms with van der Waals surface area (Å²) in [6, 6.07) is 12.1. The molecule has 1 aromatic carbocycles. The number of rotatable bonds is 6. The molecule has 0 spiro atoms. The zero-order valence-corrected chi connectivity index (χ0v) is 15.3. The molecule has 2 heterocycles. The lowest BCUT2D eigenvalue weighted by Gasteiger charge is -2.16. The Balaban J connectivity index is 1.49. The van der Waals surface area contributed by atoms with Crippen molar-refractivity contribution in [2.24, 2.45) is 5.92 Å². The Kier molecular flexibility index (Phi) is 5.87. The molecular weight excluding hydrogens is 334 g/mol. The fourth-order valence-corrected chi connectivity index (χ4v) is 3.96. The molecule has 0 saturated carbocycles. The number of benzene rings is 1. The van der Waals surface area contributed by atoms with Crippen LogP contribution in [0.15, 0.2) is 41.8 Å². The van der Waals surface area contributed by atoms with Gasteiger partial charge in [0.1, 0.15) is 0 Å². The van der Waals surface area contributed by atoms with Gasteiger partial charge in [-0.2, -0.15) is 0 Å². The molecule has 25 heavy (non-hydrogen) atoms. The zero-order chi connectivity index (χ0) is 17.6. The minimum atomic E-state index is -0.219. The Morgan fingerprint density at radius 1 is 1.16 bits per heavy atom. The third-order valence-corrected chi connectivity index (χ3v) is 5.54. The van der Waals surface area contributed by atoms with E-state index in [0.717, 1.165) is 36.4 Å². The Morgan fingerprint density at radius 2 is 1.92 bits per heavy atom. The lowest BCUT2D eigenvalue weighted by Crippen LogP contribution is -2.30. The second kappa shape index (κ2) is 8.30. The minimum Gasteiger partial charge on any atom is -0.469 e.